The third-order valence-corrected chi connectivity index (χ3v) is 1.44. The molecule has 5 nitrogen and oxygen atoms in total. The Morgan fingerprint density at radius 3 is 2.64 bits per heavy atom. The van der Waals surface area contributed by atoms with Crippen molar-refractivity contribution in [3.8, 4) is 0 Å². The smallest absolute Gasteiger partial charge is 0.231 e. The summed E-state index contributed by atoms with van der Waals surface area (Å²) in [6.45, 7) is 5.40. The van der Waals surface area contributed by atoms with Crippen molar-refractivity contribution in [3.05, 3.63) is 0 Å². The SMILES string of the molecule is CC(C)COCC(O)CNCC(N)=O. The monoisotopic (exact) mass is 204 g/mol. The quantitative estimate of drug-likeness (QED) is 0.478. The molecule has 0 saturated carbocycles. The first-order chi connectivity index (χ1) is 6.52. The van der Waals surface area contributed by atoms with E-state index in [4.69, 9.17) is 10.5 Å². The maximum Gasteiger partial charge on any atom is 0.231 e. The average molecular weight is 204 g/mol. The fraction of sp³-hybridized carbons (Fsp3) is 0.889. The first-order valence-electron chi connectivity index (χ1n) is 4.77. The number of aliphatic hydroxyl groups excluding tert-OH is 1. The molecule has 0 aromatic rings. The number of ether oxygens (including phenoxy) is 1. The molecule has 4 N–H and O–H groups in total. The van der Waals surface area contributed by atoms with E-state index in [9.17, 15) is 9.90 Å². The number of carbonyl (C=O) groups is 1. The van der Waals surface area contributed by atoms with Crippen molar-refractivity contribution in [2.45, 2.75) is 20.0 Å². The second kappa shape index (κ2) is 7.73. The van der Waals surface area contributed by atoms with Crippen molar-refractivity contribution < 1.29 is 14.6 Å². The molecule has 0 spiro atoms. The molecule has 1 unspecified atom stereocenters. The normalized spacial score (nSPS) is 13.1. The van der Waals surface area contributed by atoms with Gasteiger partial charge in [0.25, 0.3) is 0 Å². The number of nitrogens with one attached hydrogen (secondary N) is 1. The fourth-order valence-corrected chi connectivity index (χ4v) is 0.861. The molecule has 1 amide bonds. The zero-order valence-electron chi connectivity index (χ0n) is 8.82. The molecule has 0 aliphatic carbocycles. The van der Waals surface area contributed by atoms with Gasteiger partial charge in [0.1, 0.15) is 0 Å². The molecule has 0 rings (SSSR count). The lowest BCUT2D eigenvalue weighted by atomic mass is 10.2. The second-order valence-electron chi connectivity index (χ2n) is 3.68. The van der Waals surface area contributed by atoms with Crippen LogP contribution >= 0.6 is 0 Å². The van der Waals surface area contributed by atoms with Crippen LogP contribution in [0.4, 0.5) is 0 Å². The van der Waals surface area contributed by atoms with E-state index in [1.165, 1.54) is 0 Å². The third-order valence-electron chi connectivity index (χ3n) is 1.44. The first-order valence-corrected chi connectivity index (χ1v) is 4.77. The summed E-state index contributed by atoms with van der Waals surface area (Å²) in [5.41, 5.74) is 4.90. The van der Waals surface area contributed by atoms with Crippen LogP contribution in [-0.2, 0) is 9.53 Å². The number of carbonyl (C=O) groups excluding carboxylic acids is 1. The minimum Gasteiger partial charge on any atom is -0.389 e. The van der Waals surface area contributed by atoms with Gasteiger partial charge in [0.2, 0.25) is 5.91 Å². The number of hydrogen-bond donors (Lipinski definition) is 3. The standard InChI is InChI=1S/C9H20N2O3/c1-7(2)5-14-6-8(12)3-11-4-9(10)13/h7-8,11-12H,3-6H2,1-2H3,(H2,10,13). The van der Waals surface area contributed by atoms with Crippen LogP contribution in [0, 0.1) is 5.92 Å². The maximum absolute atomic E-state index is 10.3. The Morgan fingerprint density at radius 1 is 1.50 bits per heavy atom. The van der Waals surface area contributed by atoms with Crippen LogP contribution in [0.3, 0.4) is 0 Å². The Bertz CT molecular complexity index is 162. The van der Waals surface area contributed by atoms with Gasteiger partial charge in [-0.05, 0) is 5.92 Å². The molecule has 0 aromatic heterocycles. The highest BCUT2D eigenvalue weighted by Gasteiger charge is 2.04. The molecule has 5 heteroatoms. The van der Waals surface area contributed by atoms with Gasteiger partial charge in [0.05, 0.1) is 19.3 Å². The Morgan fingerprint density at radius 2 is 2.14 bits per heavy atom. The third kappa shape index (κ3) is 9.44. The molecule has 0 saturated heterocycles. The number of nitrogens with two attached hydrogens (primary N) is 1. The number of rotatable bonds is 8. The van der Waals surface area contributed by atoms with Gasteiger partial charge < -0.3 is 20.9 Å². The summed E-state index contributed by atoms with van der Waals surface area (Å²) in [7, 11) is 0. The summed E-state index contributed by atoms with van der Waals surface area (Å²) in [6, 6.07) is 0. The van der Waals surface area contributed by atoms with Gasteiger partial charge in [0, 0.05) is 13.2 Å². The molecule has 84 valence electrons. The summed E-state index contributed by atoms with van der Waals surface area (Å²) >= 11 is 0. The predicted molar refractivity (Wildman–Crippen MR) is 53.7 cm³/mol. The Labute approximate surface area is 84.6 Å². The van der Waals surface area contributed by atoms with Gasteiger partial charge in [-0.25, -0.2) is 0 Å². The Hall–Kier alpha value is -0.650. The highest BCUT2D eigenvalue weighted by Crippen LogP contribution is 1.93. The summed E-state index contributed by atoms with van der Waals surface area (Å²) in [5, 5.41) is 12.1. The summed E-state index contributed by atoms with van der Waals surface area (Å²) in [6.07, 6.45) is -0.590. The fourth-order valence-electron chi connectivity index (χ4n) is 0.861. The van der Waals surface area contributed by atoms with Gasteiger partial charge in [-0.15, -0.1) is 0 Å². The number of primary amides is 1. The van der Waals surface area contributed by atoms with Crippen LogP contribution < -0.4 is 11.1 Å². The lowest BCUT2D eigenvalue weighted by Gasteiger charge is -2.12. The van der Waals surface area contributed by atoms with Crippen molar-refractivity contribution in [2.24, 2.45) is 11.7 Å². The Kier molecular flexibility index (Phi) is 7.37. The largest absolute Gasteiger partial charge is 0.389 e. The van der Waals surface area contributed by atoms with E-state index in [1.54, 1.807) is 0 Å². The molecular weight excluding hydrogens is 184 g/mol. The van der Waals surface area contributed by atoms with Gasteiger partial charge in [-0.3, -0.25) is 4.79 Å². The van der Waals surface area contributed by atoms with Gasteiger partial charge >= 0.3 is 0 Å². The van der Waals surface area contributed by atoms with E-state index < -0.39 is 12.0 Å². The molecular formula is C9H20N2O3. The van der Waals surface area contributed by atoms with Gasteiger partial charge in [-0.1, -0.05) is 13.8 Å². The molecule has 0 aliphatic heterocycles. The van der Waals surface area contributed by atoms with Crippen LogP contribution in [-0.4, -0.2) is 43.4 Å². The number of amides is 1. The molecule has 1 atom stereocenters. The molecule has 14 heavy (non-hydrogen) atoms. The van der Waals surface area contributed by atoms with E-state index in [1.807, 2.05) is 13.8 Å². The van der Waals surface area contributed by atoms with Crippen molar-refractivity contribution >= 4 is 5.91 Å². The maximum atomic E-state index is 10.3. The van der Waals surface area contributed by atoms with Crippen molar-refractivity contribution in [2.75, 3.05) is 26.3 Å². The minimum absolute atomic E-state index is 0.0846. The summed E-state index contributed by atoms with van der Waals surface area (Å²) < 4.78 is 5.21. The van der Waals surface area contributed by atoms with E-state index in [-0.39, 0.29) is 13.2 Å². The first kappa shape index (κ1) is 13.4. The molecule has 0 radical (unpaired) electrons. The highest BCUT2D eigenvalue weighted by atomic mass is 16.5. The lowest BCUT2D eigenvalue weighted by molar-refractivity contribution is -0.117. The van der Waals surface area contributed by atoms with Crippen molar-refractivity contribution in [1.29, 1.82) is 0 Å². The predicted octanol–water partition coefficient (Wildman–Crippen LogP) is -0.905. The topological polar surface area (TPSA) is 84.6 Å². The molecule has 0 heterocycles. The Balaban J connectivity index is 3.27. The average Bonchev–Trinajstić information content (AvgIpc) is 2.02. The lowest BCUT2D eigenvalue weighted by Crippen LogP contribution is -2.36. The van der Waals surface area contributed by atoms with Gasteiger partial charge in [0.15, 0.2) is 0 Å². The van der Waals surface area contributed by atoms with E-state index in [0.717, 1.165) is 0 Å². The molecule has 0 bridgehead atoms. The van der Waals surface area contributed by atoms with Crippen molar-refractivity contribution in [3.63, 3.8) is 0 Å². The van der Waals surface area contributed by atoms with Crippen LogP contribution in [0.5, 0.6) is 0 Å². The number of hydrogen-bond acceptors (Lipinski definition) is 4. The number of aliphatic hydroxyl groups is 1. The van der Waals surface area contributed by atoms with Crippen LogP contribution in [0.2, 0.25) is 0 Å². The van der Waals surface area contributed by atoms with Crippen LogP contribution in [0.25, 0.3) is 0 Å². The minimum atomic E-state index is -0.590. The van der Waals surface area contributed by atoms with Crippen LogP contribution in [0.1, 0.15) is 13.8 Å². The zero-order valence-corrected chi connectivity index (χ0v) is 8.82. The zero-order chi connectivity index (χ0) is 11.0. The highest BCUT2D eigenvalue weighted by molar-refractivity contribution is 5.75. The second-order valence-corrected chi connectivity index (χ2v) is 3.68. The van der Waals surface area contributed by atoms with Crippen LogP contribution in [0.15, 0.2) is 0 Å². The molecule has 0 aliphatic rings. The summed E-state index contributed by atoms with van der Waals surface area (Å²) in [4.78, 5) is 10.3. The van der Waals surface area contributed by atoms with E-state index in [0.29, 0.717) is 19.1 Å². The molecule has 0 fully saturated rings. The molecule has 0 aromatic carbocycles. The van der Waals surface area contributed by atoms with E-state index >= 15 is 0 Å². The van der Waals surface area contributed by atoms with Crippen molar-refractivity contribution in [1.82, 2.24) is 5.32 Å². The van der Waals surface area contributed by atoms with Gasteiger partial charge in [-0.2, -0.15) is 0 Å². The van der Waals surface area contributed by atoms with E-state index in [2.05, 4.69) is 5.32 Å². The summed E-state index contributed by atoms with van der Waals surface area (Å²) in [5.74, 6) is 0.0288.